The molecule has 1 heterocycles. The van der Waals surface area contributed by atoms with E-state index >= 15 is 0 Å². The first kappa shape index (κ1) is 9.21. The summed E-state index contributed by atoms with van der Waals surface area (Å²) in [5.41, 5.74) is 0.935. The van der Waals surface area contributed by atoms with Crippen LogP contribution in [-0.2, 0) is 9.53 Å². The molecule has 0 aliphatic carbocycles. The average molecular weight is 192 g/mol. The Balaban J connectivity index is 2.26. The number of aliphatic hydroxyl groups excluding tert-OH is 1. The monoisotopic (exact) mass is 192 g/mol. The van der Waals surface area contributed by atoms with Crippen LogP contribution in [0.4, 0.5) is 0 Å². The van der Waals surface area contributed by atoms with Gasteiger partial charge in [0.15, 0.2) is 6.10 Å². The lowest BCUT2D eigenvalue weighted by molar-refractivity contribution is -0.147. The van der Waals surface area contributed by atoms with Crippen molar-refractivity contribution in [2.45, 2.75) is 19.1 Å². The largest absolute Gasteiger partial charge is 0.455 e. The van der Waals surface area contributed by atoms with Crippen molar-refractivity contribution in [3.63, 3.8) is 0 Å². The van der Waals surface area contributed by atoms with Crippen LogP contribution in [0.25, 0.3) is 0 Å². The quantitative estimate of drug-likeness (QED) is 0.682. The van der Waals surface area contributed by atoms with E-state index in [9.17, 15) is 9.90 Å². The SMILES string of the molecule is C[C@@H]1[C@H](O)C(=O)O[C@@H]1c1ccccc1. The van der Waals surface area contributed by atoms with E-state index in [1.807, 2.05) is 37.3 Å². The number of carbonyl (C=O) groups excluding carboxylic acids is 1. The minimum absolute atomic E-state index is 0.176. The molecule has 0 radical (unpaired) electrons. The summed E-state index contributed by atoms with van der Waals surface area (Å²) < 4.78 is 5.08. The van der Waals surface area contributed by atoms with Crippen molar-refractivity contribution in [1.29, 1.82) is 0 Å². The summed E-state index contributed by atoms with van der Waals surface area (Å²) >= 11 is 0. The molecule has 1 saturated heterocycles. The van der Waals surface area contributed by atoms with Crippen molar-refractivity contribution < 1.29 is 14.6 Å². The Hall–Kier alpha value is -1.35. The molecule has 1 fully saturated rings. The Morgan fingerprint density at radius 1 is 1.29 bits per heavy atom. The molecular formula is C11H12O3. The van der Waals surface area contributed by atoms with Gasteiger partial charge in [-0.2, -0.15) is 0 Å². The zero-order valence-corrected chi connectivity index (χ0v) is 7.88. The van der Waals surface area contributed by atoms with Gasteiger partial charge in [-0.15, -0.1) is 0 Å². The molecular weight excluding hydrogens is 180 g/mol. The minimum Gasteiger partial charge on any atom is -0.455 e. The molecule has 3 nitrogen and oxygen atoms in total. The van der Waals surface area contributed by atoms with E-state index < -0.39 is 12.1 Å². The van der Waals surface area contributed by atoms with Crippen LogP contribution in [0.3, 0.4) is 0 Å². The van der Waals surface area contributed by atoms with E-state index in [4.69, 9.17) is 4.74 Å². The molecule has 0 saturated carbocycles. The second kappa shape index (κ2) is 3.42. The van der Waals surface area contributed by atoms with Crippen molar-refractivity contribution in [3.8, 4) is 0 Å². The number of aliphatic hydroxyl groups is 1. The second-order valence-corrected chi connectivity index (χ2v) is 3.57. The molecule has 74 valence electrons. The summed E-state index contributed by atoms with van der Waals surface area (Å²) in [6.07, 6.45) is -1.29. The predicted molar refractivity (Wildman–Crippen MR) is 50.4 cm³/mol. The van der Waals surface area contributed by atoms with E-state index in [1.54, 1.807) is 0 Å². The highest BCUT2D eigenvalue weighted by atomic mass is 16.6. The van der Waals surface area contributed by atoms with Crippen LogP contribution >= 0.6 is 0 Å². The molecule has 1 aromatic carbocycles. The summed E-state index contributed by atoms with van der Waals surface area (Å²) in [6, 6.07) is 9.47. The number of rotatable bonds is 1. The van der Waals surface area contributed by atoms with Crippen LogP contribution in [0.15, 0.2) is 30.3 Å². The van der Waals surface area contributed by atoms with Gasteiger partial charge in [-0.25, -0.2) is 4.79 Å². The van der Waals surface area contributed by atoms with Gasteiger partial charge in [0.25, 0.3) is 0 Å². The second-order valence-electron chi connectivity index (χ2n) is 3.57. The van der Waals surface area contributed by atoms with Gasteiger partial charge in [0.1, 0.15) is 6.10 Å². The lowest BCUT2D eigenvalue weighted by atomic mass is 9.95. The zero-order chi connectivity index (χ0) is 10.1. The van der Waals surface area contributed by atoms with Gasteiger partial charge in [-0.3, -0.25) is 0 Å². The van der Waals surface area contributed by atoms with Crippen molar-refractivity contribution in [1.82, 2.24) is 0 Å². The fraction of sp³-hybridized carbons (Fsp3) is 0.364. The molecule has 1 aliphatic rings. The van der Waals surface area contributed by atoms with Crippen LogP contribution in [0.1, 0.15) is 18.6 Å². The maximum absolute atomic E-state index is 11.1. The number of cyclic esters (lactones) is 1. The molecule has 0 amide bonds. The third kappa shape index (κ3) is 1.40. The van der Waals surface area contributed by atoms with Crippen molar-refractivity contribution in [3.05, 3.63) is 35.9 Å². The molecule has 0 aromatic heterocycles. The number of carbonyl (C=O) groups is 1. The summed E-state index contributed by atoms with van der Waals surface area (Å²) in [5, 5.41) is 9.42. The number of esters is 1. The van der Waals surface area contributed by atoms with Crippen molar-refractivity contribution in [2.24, 2.45) is 5.92 Å². The number of hydrogen-bond donors (Lipinski definition) is 1. The number of hydrogen-bond acceptors (Lipinski definition) is 3. The fourth-order valence-electron chi connectivity index (χ4n) is 1.70. The Kier molecular flexibility index (Phi) is 2.25. The van der Waals surface area contributed by atoms with Gasteiger partial charge in [0.2, 0.25) is 0 Å². The Morgan fingerprint density at radius 3 is 2.43 bits per heavy atom. The highest BCUT2D eigenvalue weighted by Crippen LogP contribution is 2.34. The third-order valence-corrected chi connectivity index (χ3v) is 2.59. The predicted octanol–water partition coefficient (Wildman–Crippen LogP) is 1.28. The first-order valence-corrected chi connectivity index (χ1v) is 4.63. The van der Waals surface area contributed by atoms with E-state index in [1.165, 1.54) is 0 Å². The zero-order valence-electron chi connectivity index (χ0n) is 7.88. The summed E-state index contributed by atoms with van der Waals surface area (Å²) in [7, 11) is 0. The maximum Gasteiger partial charge on any atom is 0.336 e. The van der Waals surface area contributed by atoms with Crippen LogP contribution in [0.5, 0.6) is 0 Å². The molecule has 1 aromatic rings. The third-order valence-electron chi connectivity index (χ3n) is 2.59. The molecule has 1 aliphatic heterocycles. The molecule has 14 heavy (non-hydrogen) atoms. The molecule has 1 N–H and O–H groups in total. The lowest BCUT2D eigenvalue weighted by Crippen LogP contribution is -2.19. The van der Waals surface area contributed by atoms with E-state index in [-0.39, 0.29) is 12.0 Å². The van der Waals surface area contributed by atoms with Crippen molar-refractivity contribution >= 4 is 5.97 Å². The van der Waals surface area contributed by atoms with Crippen molar-refractivity contribution in [2.75, 3.05) is 0 Å². The van der Waals surface area contributed by atoms with E-state index in [0.717, 1.165) is 5.56 Å². The van der Waals surface area contributed by atoms with Gasteiger partial charge in [-0.1, -0.05) is 37.3 Å². The molecule has 0 spiro atoms. The van der Waals surface area contributed by atoms with Crippen LogP contribution in [-0.4, -0.2) is 17.2 Å². The standard InChI is InChI=1S/C11H12O3/c1-7-9(12)11(13)14-10(7)8-5-3-2-4-6-8/h2-7,9-10,12H,1H3/t7-,9+,10+/m1/s1. The molecule has 0 unspecified atom stereocenters. The first-order chi connectivity index (χ1) is 6.70. The number of ether oxygens (including phenoxy) is 1. The fourth-order valence-corrected chi connectivity index (χ4v) is 1.70. The van der Waals surface area contributed by atoms with Crippen LogP contribution < -0.4 is 0 Å². The summed E-state index contributed by atoms with van der Waals surface area (Å²) in [5.74, 6) is -0.698. The maximum atomic E-state index is 11.1. The Labute approximate surface area is 82.3 Å². The molecule has 0 bridgehead atoms. The molecule has 2 rings (SSSR count). The highest BCUT2D eigenvalue weighted by Gasteiger charge is 2.41. The summed E-state index contributed by atoms with van der Waals surface area (Å²) in [6.45, 7) is 1.81. The first-order valence-electron chi connectivity index (χ1n) is 4.63. The molecule has 3 heteroatoms. The Bertz CT molecular complexity index is 334. The van der Waals surface area contributed by atoms with Gasteiger partial charge in [0, 0.05) is 5.92 Å². The van der Waals surface area contributed by atoms with E-state index in [2.05, 4.69) is 0 Å². The van der Waals surface area contributed by atoms with Crippen LogP contribution in [0.2, 0.25) is 0 Å². The summed E-state index contributed by atoms with van der Waals surface area (Å²) in [4.78, 5) is 11.1. The number of benzene rings is 1. The van der Waals surface area contributed by atoms with Crippen LogP contribution in [0, 0.1) is 5.92 Å². The topological polar surface area (TPSA) is 46.5 Å². The van der Waals surface area contributed by atoms with Gasteiger partial charge >= 0.3 is 5.97 Å². The smallest absolute Gasteiger partial charge is 0.336 e. The molecule has 3 atom stereocenters. The van der Waals surface area contributed by atoms with Gasteiger partial charge in [0.05, 0.1) is 0 Å². The van der Waals surface area contributed by atoms with E-state index in [0.29, 0.717) is 0 Å². The normalized spacial score (nSPS) is 31.6. The Morgan fingerprint density at radius 2 is 1.93 bits per heavy atom. The average Bonchev–Trinajstić information content (AvgIpc) is 2.47. The minimum atomic E-state index is -0.986. The van der Waals surface area contributed by atoms with Gasteiger partial charge in [-0.05, 0) is 5.56 Å². The highest BCUT2D eigenvalue weighted by molar-refractivity contribution is 5.77. The lowest BCUT2D eigenvalue weighted by Gasteiger charge is -2.14. The van der Waals surface area contributed by atoms with Gasteiger partial charge < -0.3 is 9.84 Å².